The van der Waals surface area contributed by atoms with E-state index in [-0.39, 0.29) is 6.47 Å². The fourth-order valence-corrected chi connectivity index (χ4v) is 1.65. The fourth-order valence-electron chi connectivity index (χ4n) is 1.65. The van der Waals surface area contributed by atoms with Gasteiger partial charge in [0.25, 0.3) is 6.47 Å². The zero-order chi connectivity index (χ0) is 15.0. The van der Waals surface area contributed by atoms with Crippen molar-refractivity contribution in [2.24, 2.45) is 0 Å². The zero-order valence-corrected chi connectivity index (χ0v) is 11.9. The highest BCUT2D eigenvalue weighted by molar-refractivity contribution is 5.32. The Morgan fingerprint density at radius 3 is 2.70 bits per heavy atom. The van der Waals surface area contributed by atoms with Crippen LogP contribution < -0.4 is 0 Å². The zero-order valence-electron chi connectivity index (χ0n) is 11.9. The highest BCUT2D eigenvalue weighted by Crippen LogP contribution is 2.05. The summed E-state index contributed by atoms with van der Waals surface area (Å²) in [5.41, 5.74) is 0.919. The molecule has 0 fully saturated rings. The van der Waals surface area contributed by atoms with Crippen molar-refractivity contribution in [3.63, 3.8) is 0 Å². The first-order chi connectivity index (χ1) is 9.56. The van der Waals surface area contributed by atoms with Crippen LogP contribution in [0.4, 0.5) is 0 Å². The third-order valence-electron chi connectivity index (χ3n) is 2.63. The number of aryl methyl sites for hydroxylation is 2. The van der Waals surface area contributed by atoms with E-state index in [4.69, 9.17) is 14.4 Å². The Bertz CT molecular complexity index is 523. The van der Waals surface area contributed by atoms with Crippen molar-refractivity contribution in [2.75, 3.05) is 13.6 Å². The molecule has 2 heterocycles. The van der Waals surface area contributed by atoms with E-state index < -0.39 is 0 Å². The van der Waals surface area contributed by atoms with Gasteiger partial charge in [-0.25, -0.2) is 0 Å². The second-order valence-corrected chi connectivity index (χ2v) is 4.35. The molecule has 0 aromatic carbocycles. The molecule has 0 radical (unpaired) electrons. The molecule has 0 aliphatic carbocycles. The highest BCUT2D eigenvalue weighted by atomic mass is 16.5. The Morgan fingerprint density at radius 1 is 1.50 bits per heavy atom. The van der Waals surface area contributed by atoms with Crippen molar-refractivity contribution in [3.05, 3.63) is 29.7 Å². The van der Waals surface area contributed by atoms with Gasteiger partial charge in [-0.15, -0.1) is 10.2 Å². The van der Waals surface area contributed by atoms with E-state index in [0.29, 0.717) is 0 Å². The summed E-state index contributed by atoms with van der Waals surface area (Å²) >= 11 is 0. The van der Waals surface area contributed by atoms with Crippen molar-refractivity contribution in [1.29, 1.82) is 0 Å². The lowest BCUT2D eigenvalue weighted by atomic mass is 10.3. The molecule has 0 saturated carbocycles. The molecule has 110 valence electrons. The Labute approximate surface area is 117 Å². The lowest BCUT2D eigenvalue weighted by Crippen LogP contribution is -2.22. The Balaban J connectivity index is 0.000000612. The van der Waals surface area contributed by atoms with Gasteiger partial charge >= 0.3 is 0 Å². The van der Waals surface area contributed by atoms with Gasteiger partial charge in [0, 0.05) is 19.2 Å². The maximum atomic E-state index is 8.36. The molecular formula is C12H19N5O3. The van der Waals surface area contributed by atoms with Crippen molar-refractivity contribution < 1.29 is 14.4 Å². The van der Waals surface area contributed by atoms with Crippen molar-refractivity contribution >= 4 is 6.47 Å². The Hall–Kier alpha value is -2.22. The molecule has 1 N–H and O–H groups in total. The molecule has 20 heavy (non-hydrogen) atoms. The van der Waals surface area contributed by atoms with E-state index in [1.807, 2.05) is 24.5 Å². The number of carbonyl (C=O) groups is 1. The first-order valence-corrected chi connectivity index (χ1v) is 6.09. The summed E-state index contributed by atoms with van der Waals surface area (Å²) in [5.74, 6) is 1.83. The molecule has 0 amide bonds. The summed E-state index contributed by atoms with van der Waals surface area (Å²) in [6.07, 6.45) is 1.75. The standard InChI is InChI=1S/C11H17N5O.CH2O2/c1-9-6-11(17-14-9)7-15(3)4-5-16-8-12-13-10(16)2;2-1-3/h6,8H,4-5,7H2,1-3H3;1H,(H,2,3). The second-order valence-electron chi connectivity index (χ2n) is 4.35. The summed E-state index contributed by atoms with van der Waals surface area (Å²) in [4.78, 5) is 10.5. The molecule has 0 atom stereocenters. The van der Waals surface area contributed by atoms with Gasteiger partial charge in [0.05, 0.1) is 12.2 Å². The minimum atomic E-state index is -0.250. The summed E-state index contributed by atoms with van der Waals surface area (Å²) in [6.45, 7) is 6.18. The predicted octanol–water partition coefficient (Wildman–Crippen LogP) is 0.716. The quantitative estimate of drug-likeness (QED) is 0.806. The van der Waals surface area contributed by atoms with E-state index in [1.165, 1.54) is 0 Å². The molecule has 8 nitrogen and oxygen atoms in total. The van der Waals surface area contributed by atoms with Crippen LogP contribution in [-0.2, 0) is 17.9 Å². The van der Waals surface area contributed by atoms with Gasteiger partial charge in [0.15, 0.2) is 5.76 Å². The molecule has 0 spiro atoms. The summed E-state index contributed by atoms with van der Waals surface area (Å²) < 4.78 is 7.20. The molecule has 2 rings (SSSR count). The fraction of sp³-hybridized carbons (Fsp3) is 0.500. The van der Waals surface area contributed by atoms with E-state index in [0.717, 1.165) is 36.9 Å². The maximum Gasteiger partial charge on any atom is 0.290 e. The average Bonchev–Trinajstić information content (AvgIpc) is 2.97. The number of aromatic nitrogens is 4. The van der Waals surface area contributed by atoms with Gasteiger partial charge in [-0.2, -0.15) is 0 Å². The van der Waals surface area contributed by atoms with Crippen LogP contribution >= 0.6 is 0 Å². The van der Waals surface area contributed by atoms with Crippen LogP contribution in [0.2, 0.25) is 0 Å². The topological polar surface area (TPSA) is 97.3 Å². The van der Waals surface area contributed by atoms with Crippen molar-refractivity contribution in [1.82, 2.24) is 24.8 Å². The minimum Gasteiger partial charge on any atom is -0.483 e. The second kappa shape index (κ2) is 8.05. The van der Waals surface area contributed by atoms with Crippen LogP contribution in [0.15, 0.2) is 16.9 Å². The number of hydrogen-bond acceptors (Lipinski definition) is 6. The minimum absolute atomic E-state index is 0.250. The van der Waals surface area contributed by atoms with Crippen LogP contribution in [0.5, 0.6) is 0 Å². The average molecular weight is 281 g/mol. The maximum absolute atomic E-state index is 8.36. The van der Waals surface area contributed by atoms with E-state index >= 15 is 0 Å². The summed E-state index contributed by atoms with van der Waals surface area (Å²) in [7, 11) is 2.05. The number of nitrogens with zero attached hydrogens (tertiary/aromatic N) is 5. The lowest BCUT2D eigenvalue weighted by Gasteiger charge is -2.14. The molecule has 0 unspecified atom stereocenters. The van der Waals surface area contributed by atoms with Crippen LogP contribution in [0.1, 0.15) is 17.3 Å². The van der Waals surface area contributed by atoms with E-state index in [1.54, 1.807) is 6.33 Å². The first-order valence-electron chi connectivity index (χ1n) is 6.09. The molecule has 0 aliphatic rings. The Kier molecular flexibility index (Phi) is 6.38. The van der Waals surface area contributed by atoms with Gasteiger partial charge < -0.3 is 14.2 Å². The van der Waals surface area contributed by atoms with E-state index in [9.17, 15) is 0 Å². The van der Waals surface area contributed by atoms with Gasteiger partial charge in [0.1, 0.15) is 12.2 Å². The smallest absolute Gasteiger partial charge is 0.290 e. The SMILES string of the molecule is Cc1cc(CN(C)CCn2cnnc2C)on1.O=CO. The van der Waals surface area contributed by atoms with Gasteiger partial charge in [-0.05, 0) is 20.9 Å². The molecular weight excluding hydrogens is 262 g/mol. The predicted molar refractivity (Wildman–Crippen MR) is 71.0 cm³/mol. The summed E-state index contributed by atoms with van der Waals surface area (Å²) in [5, 5.41) is 18.6. The third-order valence-corrected chi connectivity index (χ3v) is 2.63. The lowest BCUT2D eigenvalue weighted by molar-refractivity contribution is -0.122. The Morgan fingerprint density at radius 2 is 2.20 bits per heavy atom. The monoisotopic (exact) mass is 281 g/mol. The van der Waals surface area contributed by atoms with Gasteiger partial charge in [-0.3, -0.25) is 9.69 Å². The number of carboxylic acid groups (broad SMARTS) is 1. The van der Waals surface area contributed by atoms with Crippen LogP contribution in [0, 0.1) is 13.8 Å². The van der Waals surface area contributed by atoms with Crippen molar-refractivity contribution in [3.8, 4) is 0 Å². The highest BCUT2D eigenvalue weighted by Gasteiger charge is 2.06. The number of likely N-dealkylation sites (N-methyl/N-ethyl adjacent to an activating group) is 1. The number of rotatable bonds is 5. The van der Waals surface area contributed by atoms with Crippen molar-refractivity contribution in [2.45, 2.75) is 26.9 Å². The van der Waals surface area contributed by atoms with Crippen LogP contribution in [0.3, 0.4) is 0 Å². The molecule has 8 heteroatoms. The normalized spacial score (nSPS) is 10.2. The molecule has 0 bridgehead atoms. The summed E-state index contributed by atoms with van der Waals surface area (Å²) in [6, 6.07) is 1.96. The number of hydrogen-bond donors (Lipinski definition) is 1. The molecule has 2 aromatic rings. The largest absolute Gasteiger partial charge is 0.483 e. The van der Waals surface area contributed by atoms with E-state index in [2.05, 4.69) is 27.3 Å². The molecule has 0 saturated heterocycles. The molecule has 0 aliphatic heterocycles. The van der Waals surface area contributed by atoms with Crippen LogP contribution in [0.25, 0.3) is 0 Å². The van der Waals surface area contributed by atoms with Gasteiger partial charge in [-0.1, -0.05) is 5.16 Å². The third kappa shape index (κ3) is 5.19. The molecule has 2 aromatic heterocycles. The van der Waals surface area contributed by atoms with Crippen LogP contribution in [-0.4, -0.2) is 50.0 Å². The first kappa shape index (κ1) is 15.8. The van der Waals surface area contributed by atoms with Gasteiger partial charge in [0.2, 0.25) is 0 Å².